The third-order valence-corrected chi connectivity index (χ3v) is 6.33. The van der Waals surface area contributed by atoms with Crippen LogP contribution < -0.4 is 5.32 Å². The third kappa shape index (κ3) is 5.01. The highest BCUT2D eigenvalue weighted by atomic mass is 16.5. The summed E-state index contributed by atoms with van der Waals surface area (Å²) in [5.74, 6) is -1.31. The molecule has 3 rings (SSSR count). The fourth-order valence-electron chi connectivity index (χ4n) is 4.89. The van der Waals surface area contributed by atoms with Crippen molar-refractivity contribution in [3.63, 3.8) is 0 Å². The number of hydrogen-bond donors (Lipinski definition) is 2. The van der Waals surface area contributed by atoms with Gasteiger partial charge in [0.15, 0.2) is 0 Å². The Morgan fingerprint density at radius 1 is 1.23 bits per heavy atom. The van der Waals surface area contributed by atoms with Gasteiger partial charge in [0, 0.05) is 6.04 Å². The van der Waals surface area contributed by atoms with Gasteiger partial charge in [0.2, 0.25) is 5.91 Å². The average molecular weight is 417 g/mol. The maximum absolute atomic E-state index is 13.2. The molecule has 0 radical (unpaired) electrons. The summed E-state index contributed by atoms with van der Waals surface area (Å²) in [7, 11) is 0. The molecule has 5 atom stereocenters. The number of carboxylic acids is 1. The van der Waals surface area contributed by atoms with Crippen molar-refractivity contribution in [1.82, 2.24) is 10.2 Å². The van der Waals surface area contributed by atoms with Crippen molar-refractivity contribution < 1.29 is 24.2 Å². The van der Waals surface area contributed by atoms with Crippen LogP contribution in [0.15, 0.2) is 30.3 Å². The fraction of sp³-hybridized carbons (Fsp3) is 0.609. The highest BCUT2D eigenvalue weighted by Gasteiger charge is 2.49. The fourth-order valence-corrected chi connectivity index (χ4v) is 4.89. The molecule has 1 aliphatic carbocycles. The number of nitrogens with zero attached hydrogens (tertiary/aromatic N) is 1. The van der Waals surface area contributed by atoms with E-state index in [2.05, 4.69) is 5.32 Å². The Balaban J connectivity index is 1.68. The minimum atomic E-state index is -0.948. The second kappa shape index (κ2) is 10.1. The van der Waals surface area contributed by atoms with Crippen LogP contribution >= 0.6 is 0 Å². The zero-order valence-corrected chi connectivity index (χ0v) is 17.8. The first-order chi connectivity index (χ1) is 14.4. The highest BCUT2D eigenvalue weighted by Crippen LogP contribution is 2.41. The summed E-state index contributed by atoms with van der Waals surface area (Å²) in [5, 5.41) is 12.8. The van der Waals surface area contributed by atoms with Gasteiger partial charge in [-0.05, 0) is 57.4 Å². The summed E-state index contributed by atoms with van der Waals surface area (Å²) < 4.78 is 5.21. The number of nitrogens with one attached hydrogen (secondary N) is 1. The Labute approximate surface area is 177 Å². The van der Waals surface area contributed by atoms with Gasteiger partial charge in [0.25, 0.3) is 0 Å². The molecule has 1 aliphatic heterocycles. The Bertz CT molecular complexity index is 753. The van der Waals surface area contributed by atoms with Crippen LogP contribution in [-0.2, 0) is 25.5 Å². The van der Waals surface area contributed by atoms with Crippen molar-refractivity contribution in [2.24, 2.45) is 5.92 Å². The molecule has 2 aliphatic rings. The molecule has 0 spiro atoms. The Kier molecular flexibility index (Phi) is 7.48. The largest absolute Gasteiger partial charge is 0.480 e. The van der Waals surface area contributed by atoms with E-state index in [0.29, 0.717) is 19.3 Å². The monoisotopic (exact) mass is 416 g/mol. The van der Waals surface area contributed by atoms with E-state index in [0.717, 1.165) is 24.8 Å². The van der Waals surface area contributed by atoms with E-state index >= 15 is 0 Å². The van der Waals surface area contributed by atoms with E-state index in [1.807, 2.05) is 30.3 Å². The minimum Gasteiger partial charge on any atom is -0.480 e. The number of aryl methyl sites for hydroxylation is 1. The van der Waals surface area contributed by atoms with Gasteiger partial charge in [-0.15, -0.1) is 0 Å². The standard InChI is InChI=1S/C23H32N2O5/c1-3-30-23(29)18(13-12-16-8-5-4-6-9-16)24-15(2)21(26)25-19-11-7-10-17(19)14-20(25)22(27)28/h4-6,8-9,15,17-20,24H,3,7,10-14H2,1-2H3,(H,27,28)/t15-,17?,18?,19?,20?/m0/s1. The number of amides is 1. The van der Waals surface area contributed by atoms with Crippen LogP contribution in [0.3, 0.4) is 0 Å². The van der Waals surface area contributed by atoms with E-state index in [4.69, 9.17) is 4.74 Å². The summed E-state index contributed by atoms with van der Waals surface area (Å²) in [6.45, 7) is 3.72. The predicted molar refractivity (Wildman–Crippen MR) is 112 cm³/mol. The lowest BCUT2D eigenvalue weighted by Crippen LogP contribution is -2.55. The van der Waals surface area contributed by atoms with Crippen molar-refractivity contribution >= 4 is 17.8 Å². The molecule has 1 saturated carbocycles. The number of carbonyl (C=O) groups is 3. The van der Waals surface area contributed by atoms with Gasteiger partial charge >= 0.3 is 11.9 Å². The maximum Gasteiger partial charge on any atom is 0.326 e. The van der Waals surface area contributed by atoms with Crippen molar-refractivity contribution in [1.29, 1.82) is 0 Å². The Hall–Kier alpha value is -2.41. The van der Waals surface area contributed by atoms with Gasteiger partial charge < -0.3 is 14.7 Å². The number of rotatable bonds is 9. The van der Waals surface area contributed by atoms with Gasteiger partial charge in [-0.2, -0.15) is 0 Å². The number of benzene rings is 1. The summed E-state index contributed by atoms with van der Waals surface area (Å²) in [4.78, 5) is 39.1. The normalized spacial score (nSPS) is 24.9. The van der Waals surface area contributed by atoms with Gasteiger partial charge in [0.1, 0.15) is 12.1 Å². The summed E-state index contributed by atoms with van der Waals surface area (Å²) >= 11 is 0. The number of carboxylic acid groups (broad SMARTS) is 1. The molecule has 164 valence electrons. The molecule has 1 aromatic carbocycles. The van der Waals surface area contributed by atoms with Crippen molar-refractivity contribution in [2.45, 2.75) is 76.5 Å². The SMILES string of the molecule is CCOC(=O)C(CCc1ccccc1)N[C@@H](C)C(=O)N1C(C(=O)O)CC2CCCC21. The topological polar surface area (TPSA) is 95.9 Å². The first kappa shape index (κ1) is 22.3. The van der Waals surface area contributed by atoms with Crippen LogP contribution in [0.2, 0.25) is 0 Å². The first-order valence-electron chi connectivity index (χ1n) is 10.9. The van der Waals surface area contributed by atoms with Gasteiger partial charge in [-0.25, -0.2) is 4.79 Å². The average Bonchev–Trinajstić information content (AvgIpc) is 3.32. The molecule has 1 aromatic rings. The number of hydrogen-bond acceptors (Lipinski definition) is 5. The molecular formula is C23H32N2O5. The molecule has 7 heteroatoms. The zero-order valence-electron chi connectivity index (χ0n) is 17.8. The molecule has 7 nitrogen and oxygen atoms in total. The van der Waals surface area contributed by atoms with E-state index in [1.165, 1.54) is 0 Å². The van der Waals surface area contributed by atoms with E-state index in [-0.39, 0.29) is 30.4 Å². The summed E-state index contributed by atoms with van der Waals surface area (Å²) in [6, 6.07) is 7.76. The smallest absolute Gasteiger partial charge is 0.326 e. The molecule has 1 saturated heterocycles. The lowest BCUT2D eigenvalue weighted by molar-refractivity contribution is -0.151. The van der Waals surface area contributed by atoms with Crippen molar-refractivity contribution in [3.05, 3.63) is 35.9 Å². The quantitative estimate of drug-likeness (QED) is 0.600. The molecule has 1 heterocycles. The lowest BCUT2D eigenvalue weighted by Gasteiger charge is -2.31. The maximum atomic E-state index is 13.2. The molecule has 2 fully saturated rings. The molecule has 4 unspecified atom stereocenters. The summed E-state index contributed by atoms with van der Waals surface area (Å²) in [5.41, 5.74) is 1.10. The predicted octanol–water partition coefficient (Wildman–Crippen LogP) is 2.38. The second-order valence-electron chi connectivity index (χ2n) is 8.31. The minimum absolute atomic E-state index is 0.00629. The van der Waals surface area contributed by atoms with Crippen LogP contribution in [0.25, 0.3) is 0 Å². The van der Waals surface area contributed by atoms with Crippen LogP contribution in [0, 0.1) is 5.92 Å². The van der Waals surface area contributed by atoms with Crippen molar-refractivity contribution in [3.8, 4) is 0 Å². The molecule has 30 heavy (non-hydrogen) atoms. The molecule has 0 aromatic heterocycles. The van der Waals surface area contributed by atoms with Crippen LogP contribution in [-0.4, -0.2) is 58.6 Å². The third-order valence-electron chi connectivity index (χ3n) is 6.33. The molecule has 1 amide bonds. The van der Waals surface area contributed by atoms with Crippen LogP contribution in [0.5, 0.6) is 0 Å². The number of carbonyl (C=O) groups excluding carboxylic acids is 2. The lowest BCUT2D eigenvalue weighted by atomic mass is 10.0. The molecule has 0 bridgehead atoms. The van der Waals surface area contributed by atoms with E-state index in [9.17, 15) is 19.5 Å². The zero-order chi connectivity index (χ0) is 21.7. The molecular weight excluding hydrogens is 384 g/mol. The van der Waals surface area contributed by atoms with Crippen LogP contribution in [0.1, 0.15) is 51.5 Å². The number of fused-ring (bicyclic) bond motifs is 1. The van der Waals surface area contributed by atoms with Gasteiger partial charge in [0.05, 0.1) is 12.6 Å². The van der Waals surface area contributed by atoms with Gasteiger partial charge in [-0.3, -0.25) is 14.9 Å². The summed E-state index contributed by atoms with van der Waals surface area (Å²) in [6.07, 6.45) is 4.54. The van der Waals surface area contributed by atoms with Gasteiger partial charge in [-0.1, -0.05) is 36.8 Å². The number of ether oxygens (including phenoxy) is 1. The van der Waals surface area contributed by atoms with Crippen LogP contribution in [0.4, 0.5) is 0 Å². The Morgan fingerprint density at radius 2 is 1.97 bits per heavy atom. The van der Waals surface area contributed by atoms with Crippen molar-refractivity contribution in [2.75, 3.05) is 6.61 Å². The number of likely N-dealkylation sites (tertiary alicyclic amines) is 1. The highest BCUT2D eigenvalue weighted by molar-refractivity contribution is 5.88. The second-order valence-corrected chi connectivity index (χ2v) is 8.31. The first-order valence-corrected chi connectivity index (χ1v) is 10.9. The Morgan fingerprint density at radius 3 is 2.63 bits per heavy atom. The van der Waals surface area contributed by atoms with E-state index in [1.54, 1.807) is 18.7 Å². The molecule has 2 N–H and O–H groups in total. The van der Waals surface area contributed by atoms with E-state index < -0.39 is 24.1 Å². The number of aliphatic carboxylic acids is 1. The number of esters is 1.